The van der Waals surface area contributed by atoms with Gasteiger partial charge in [0.15, 0.2) is 0 Å². The largest absolute Gasteiger partial charge is 0.496 e. The maximum Gasteiger partial charge on any atom is 0.129 e. The van der Waals surface area contributed by atoms with Crippen LogP contribution in [0, 0.1) is 5.41 Å². The second-order valence-electron chi connectivity index (χ2n) is 7.45. The highest BCUT2D eigenvalue weighted by molar-refractivity contribution is 5.61. The van der Waals surface area contributed by atoms with E-state index in [1.54, 1.807) is 7.11 Å². The lowest BCUT2D eigenvalue weighted by molar-refractivity contribution is 0.377. The Balaban J connectivity index is 3.44. The van der Waals surface area contributed by atoms with Crippen molar-refractivity contribution < 1.29 is 4.74 Å². The standard InChI is InChI=1S/C18H28O/c1-9-13-10-15(18(5,6)7)11-14(16(13)19-8)12-17(2,3)4/h9-11H,1,12H2,2-8H3. The van der Waals surface area contributed by atoms with E-state index in [1.807, 2.05) is 6.08 Å². The Hall–Kier alpha value is -1.24. The maximum atomic E-state index is 5.61. The molecular weight excluding hydrogens is 232 g/mol. The molecule has 0 heterocycles. The molecule has 0 amide bonds. The number of hydrogen-bond donors (Lipinski definition) is 0. The van der Waals surface area contributed by atoms with Gasteiger partial charge in [0.2, 0.25) is 0 Å². The van der Waals surface area contributed by atoms with Gasteiger partial charge in [0.05, 0.1) is 7.11 Å². The van der Waals surface area contributed by atoms with E-state index in [9.17, 15) is 0 Å². The molecular formula is C18H28O. The first-order valence-electron chi connectivity index (χ1n) is 6.92. The van der Waals surface area contributed by atoms with Gasteiger partial charge in [-0.2, -0.15) is 0 Å². The lowest BCUT2D eigenvalue weighted by atomic mass is 9.81. The molecule has 1 heteroatoms. The lowest BCUT2D eigenvalue weighted by Gasteiger charge is -2.26. The zero-order valence-electron chi connectivity index (χ0n) is 13.6. The van der Waals surface area contributed by atoms with Gasteiger partial charge in [-0.25, -0.2) is 0 Å². The van der Waals surface area contributed by atoms with Crippen molar-refractivity contribution in [1.82, 2.24) is 0 Å². The molecule has 0 atom stereocenters. The van der Waals surface area contributed by atoms with E-state index in [2.05, 4.69) is 60.3 Å². The molecule has 1 rings (SSSR count). The van der Waals surface area contributed by atoms with E-state index in [0.29, 0.717) is 0 Å². The molecule has 0 radical (unpaired) electrons. The van der Waals surface area contributed by atoms with Crippen molar-refractivity contribution in [2.75, 3.05) is 7.11 Å². The molecule has 0 N–H and O–H groups in total. The Kier molecular flexibility index (Phi) is 4.50. The van der Waals surface area contributed by atoms with Crippen molar-refractivity contribution in [1.29, 1.82) is 0 Å². The summed E-state index contributed by atoms with van der Waals surface area (Å²) in [5.41, 5.74) is 4.08. The Labute approximate surface area is 118 Å². The van der Waals surface area contributed by atoms with E-state index in [-0.39, 0.29) is 10.8 Å². The Bertz CT molecular complexity index is 456. The summed E-state index contributed by atoms with van der Waals surface area (Å²) in [4.78, 5) is 0. The number of benzene rings is 1. The van der Waals surface area contributed by atoms with Crippen LogP contribution < -0.4 is 4.74 Å². The number of rotatable bonds is 3. The average molecular weight is 260 g/mol. The van der Waals surface area contributed by atoms with Gasteiger partial charge in [0.25, 0.3) is 0 Å². The summed E-state index contributed by atoms with van der Waals surface area (Å²) in [6.45, 7) is 17.4. The molecule has 0 aliphatic carbocycles. The third-order valence-electron chi connectivity index (χ3n) is 3.21. The lowest BCUT2D eigenvalue weighted by Crippen LogP contribution is -2.15. The van der Waals surface area contributed by atoms with Crippen LogP contribution in [0.15, 0.2) is 18.7 Å². The Morgan fingerprint density at radius 3 is 2.05 bits per heavy atom. The van der Waals surface area contributed by atoms with Crippen LogP contribution in [0.3, 0.4) is 0 Å². The minimum absolute atomic E-state index is 0.136. The van der Waals surface area contributed by atoms with E-state index in [4.69, 9.17) is 4.74 Å². The third-order valence-corrected chi connectivity index (χ3v) is 3.21. The monoisotopic (exact) mass is 260 g/mol. The Morgan fingerprint density at radius 1 is 1.11 bits per heavy atom. The maximum absolute atomic E-state index is 5.61. The smallest absolute Gasteiger partial charge is 0.129 e. The molecule has 0 aliphatic heterocycles. The van der Waals surface area contributed by atoms with Crippen LogP contribution in [0.5, 0.6) is 5.75 Å². The van der Waals surface area contributed by atoms with Crippen molar-refractivity contribution >= 4 is 6.08 Å². The molecule has 0 unspecified atom stereocenters. The van der Waals surface area contributed by atoms with Gasteiger partial charge in [-0.1, -0.05) is 60.3 Å². The molecule has 0 fully saturated rings. The van der Waals surface area contributed by atoms with Crippen molar-refractivity contribution in [2.24, 2.45) is 5.41 Å². The van der Waals surface area contributed by atoms with Crippen LogP contribution in [0.4, 0.5) is 0 Å². The first-order valence-corrected chi connectivity index (χ1v) is 6.92. The second kappa shape index (κ2) is 5.40. The first-order chi connectivity index (χ1) is 8.58. The summed E-state index contributed by atoms with van der Waals surface area (Å²) >= 11 is 0. The highest BCUT2D eigenvalue weighted by atomic mass is 16.5. The SMILES string of the molecule is C=Cc1cc(C(C)(C)C)cc(CC(C)(C)C)c1OC. The average Bonchev–Trinajstić information content (AvgIpc) is 2.24. The summed E-state index contributed by atoms with van der Waals surface area (Å²) in [5, 5.41) is 0. The molecule has 0 aromatic heterocycles. The van der Waals surface area contributed by atoms with Gasteiger partial charge in [0.1, 0.15) is 5.75 Å². The summed E-state index contributed by atoms with van der Waals surface area (Å²) in [6, 6.07) is 4.48. The zero-order chi connectivity index (χ0) is 14.8. The van der Waals surface area contributed by atoms with Crippen LogP contribution in [0.2, 0.25) is 0 Å². The first kappa shape index (κ1) is 15.8. The Morgan fingerprint density at radius 2 is 1.68 bits per heavy atom. The molecule has 1 aromatic carbocycles. The minimum atomic E-state index is 0.136. The van der Waals surface area contributed by atoms with Gasteiger partial charge in [0, 0.05) is 5.56 Å². The van der Waals surface area contributed by atoms with Crippen LogP contribution in [0.25, 0.3) is 6.08 Å². The third kappa shape index (κ3) is 4.12. The van der Waals surface area contributed by atoms with Gasteiger partial charge >= 0.3 is 0 Å². The molecule has 0 saturated heterocycles. The van der Waals surface area contributed by atoms with E-state index in [1.165, 1.54) is 11.1 Å². The van der Waals surface area contributed by atoms with Crippen LogP contribution >= 0.6 is 0 Å². The number of methoxy groups -OCH3 is 1. The molecule has 106 valence electrons. The van der Waals surface area contributed by atoms with E-state index >= 15 is 0 Å². The molecule has 1 aromatic rings. The fourth-order valence-electron chi connectivity index (χ4n) is 2.25. The predicted molar refractivity (Wildman–Crippen MR) is 84.9 cm³/mol. The topological polar surface area (TPSA) is 9.23 Å². The molecule has 19 heavy (non-hydrogen) atoms. The van der Waals surface area contributed by atoms with Gasteiger partial charge < -0.3 is 4.74 Å². The minimum Gasteiger partial charge on any atom is -0.496 e. The van der Waals surface area contributed by atoms with Crippen LogP contribution in [0.1, 0.15) is 58.2 Å². The van der Waals surface area contributed by atoms with Crippen LogP contribution in [-0.2, 0) is 11.8 Å². The van der Waals surface area contributed by atoms with Crippen molar-refractivity contribution in [3.63, 3.8) is 0 Å². The zero-order valence-corrected chi connectivity index (χ0v) is 13.6. The predicted octanol–water partition coefficient (Wildman–Crippen LogP) is 5.22. The fourth-order valence-corrected chi connectivity index (χ4v) is 2.25. The van der Waals surface area contributed by atoms with Gasteiger partial charge in [-0.15, -0.1) is 0 Å². The fraction of sp³-hybridized carbons (Fsp3) is 0.556. The van der Waals surface area contributed by atoms with Gasteiger partial charge in [-0.3, -0.25) is 0 Å². The molecule has 0 bridgehead atoms. The van der Waals surface area contributed by atoms with E-state index in [0.717, 1.165) is 17.7 Å². The number of ether oxygens (including phenoxy) is 1. The highest BCUT2D eigenvalue weighted by Crippen LogP contribution is 2.35. The second-order valence-corrected chi connectivity index (χ2v) is 7.45. The molecule has 0 spiro atoms. The summed E-state index contributed by atoms with van der Waals surface area (Å²) in [5.74, 6) is 0.970. The van der Waals surface area contributed by atoms with Crippen molar-refractivity contribution in [3.05, 3.63) is 35.4 Å². The summed E-state index contributed by atoms with van der Waals surface area (Å²) < 4.78 is 5.61. The normalized spacial score (nSPS) is 12.4. The van der Waals surface area contributed by atoms with Crippen molar-refractivity contribution in [3.8, 4) is 5.75 Å². The molecule has 0 aliphatic rings. The van der Waals surface area contributed by atoms with Gasteiger partial charge in [-0.05, 0) is 34.4 Å². The quantitative estimate of drug-likeness (QED) is 0.723. The summed E-state index contributed by atoms with van der Waals surface area (Å²) in [6.07, 6.45) is 2.89. The van der Waals surface area contributed by atoms with E-state index < -0.39 is 0 Å². The number of hydrogen-bond acceptors (Lipinski definition) is 1. The van der Waals surface area contributed by atoms with Crippen molar-refractivity contribution in [2.45, 2.75) is 53.4 Å². The summed E-state index contributed by atoms with van der Waals surface area (Å²) in [7, 11) is 1.74. The molecule has 0 saturated carbocycles. The highest BCUT2D eigenvalue weighted by Gasteiger charge is 2.21. The van der Waals surface area contributed by atoms with Crippen LogP contribution in [-0.4, -0.2) is 7.11 Å². The molecule has 1 nitrogen and oxygen atoms in total.